The van der Waals surface area contributed by atoms with Gasteiger partial charge >= 0.3 is 0 Å². The minimum absolute atomic E-state index is 0.0199. The summed E-state index contributed by atoms with van der Waals surface area (Å²) in [7, 11) is -1.23. The summed E-state index contributed by atoms with van der Waals surface area (Å²) >= 11 is 0. The van der Waals surface area contributed by atoms with E-state index in [9.17, 15) is 13.2 Å². The Morgan fingerprint density at radius 3 is 2.65 bits per heavy atom. The minimum Gasteiger partial charge on any atom is -0.340 e. The molecule has 1 saturated heterocycles. The van der Waals surface area contributed by atoms with Crippen LogP contribution in [0.3, 0.4) is 0 Å². The van der Waals surface area contributed by atoms with E-state index in [-0.39, 0.29) is 29.5 Å². The van der Waals surface area contributed by atoms with E-state index in [1.165, 1.54) is 11.1 Å². The van der Waals surface area contributed by atoms with E-state index in [4.69, 9.17) is 0 Å². The van der Waals surface area contributed by atoms with Crippen LogP contribution in [0.25, 0.3) is 0 Å². The lowest BCUT2D eigenvalue weighted by Crippen LogP contribution is -2.50. The van der Waals surface area contributed by atoms with Crippen LogP contribution in [0.15, 0.2) is 24.3 Å². The monoisotopic (exact) mass is 336 g/mol. The number of carbonyl (C=O) groups is 1. The van der Waals surface area contributed by atoms with Gasteiger partial charge < -0.3 is 4.90 Å². The molecule has 5 nitrogen and oxygen atoms in total. The molecule has 1 amide bonds. The van der Waals surface area contributed by atoms with Gasteiger partial charge in [0.25, 0.3) is 0 Å². The molecule has 0 saturated carbocycles. The van der Waals surface area contributed by atoms with Crippen molar-refractivity contribution in [3.05, 3.63) is 35.4 Å². The van der Waals surface area contributed by atoms with E-state index in [0.717, 1.165) is 19.5 Å². The van der Waals surface area contributed by atoms with Gasteiger partial charge in [0.2, 0.25) is 5.91 Å². The fraction of sp³-hybridized carbons (Fsp3) is 0.588. The van der Waals surface area contributed by atoms with Crippen molar-refractivity contribution < 1.29 is 13.2 Å². The van der Waals surface area contributed by atoms with Gasteiger partial charge in [0.05, 0.1) is 17.5 Å². The highest BCUT2D eigenvalue weighted by atomic mass is 32.2. The Hall–Kier alpha value is -1.40. The number of hydrogen-bond donors (Lipinski definition) is 0. The predicted octanol–water partition coefficient (Wildman–Crippen LogP) is 1.08. The zero-order chi connectivity index (χ0) is 16.6. The molecule has 1 aromatic carbocycles. The summed E-state index contributed by atoms with van der Waals surface area (Å²) in [4.78, 5) is 16.6. The third kappa shape index (κ3) is 3.43. The van der Waals surface area contributed by atoms with Crippen molar-refractivity contribution in [1.29, 1.82) is 0 Å². The summed E-state index contributed by atoms with van der Waals surface area (Å²) in [5.74, 6) is 0.317. The summed E-state index contributed by atoms with van der Waals surface area (Å²) in [6.07, 6.45) is 1.51. The van der Waals surface area contributed by atoms with E-state index < -0.39 is 9.84 Å². The van der Waals surface area contributed by atoms with Gasteiger partial charge in [-0.25, -0.2) is 8.42 Å². The average Bonchev–Trinajstić information content (AvgIpc) is 2.92. The van der Waals surface area contributed by atoms with Gasteiger partial charge in [0.1, 0.15) is 0 Å². The SMILES string of the molecule is C[C@H](C(=O)N(C)[C@@H]1CCS(=O)(=O)C1)N1CCc2ccccc2C1. The van der Waals surface area contributed by atoms with Gasteiger partial charge in [0, 0.05) is 26.2 Å². The Labute approximate surface area is 138 Å². The number of carbonyl (C=O) groups excluding carboxylic acids is 1. The smallest absolute Gasteiger partial charge is 0.239 e. The van der Waals surface area contributed by atoms with Crippen LogP contribution in [0.1, 0.15) is 24.5 Å². The number of rotatable bonds is 3. The number of likely N-dealkylation sites (N-methyl/N-ethyl adjacent to an activating group) is 1. The molecule has 6 heteroatoms. The van der Waals surface area contributed by atoms with Crippen molar-refractivity contribution in [2.45, 2.75) is 38.4 Å². The molecule has 1 fully saturated rings. The van der Waals surface area contributed by atoms with Crippen molar-refractivity contribution in [3.8, 4) is 0 Å². The maximum atomic E-state index is 12.7. The maximum Gasteiger partial charge on any atom is 0.239 e. The Morgan fingerprint density at radius 2 is 2.00 bits per heavy atom. The predicted molar refractivity (Wildman–Crippen MR) is 89.8 cm³/mol. The third-order valence-corrected chi connectivity index (χ3v) is 6.92. The summed E-state index contributed by atoms with van der Waals surface area (Å²) in [5, 5.41) is 0. The van der Waals surface area contributed by atoms with Gasteiger partial charge in [-0.15, -0.1) is 0 Å². The highest BCUT2D eigenvalue weighted by Crippen LogP contribution is 2.22. The molecule has 0 bridgehead atoms. The second kappa shape index (κ2) is 6.24. The highest BCUT2D eigenvalue weighted by molar-refractivity contribution is 7.91. The zero-order valence-corrected chi connectivity index (χ0v) is 14.6. The molecule has 2 aliphatic heterocycles. The summed E-state index contributed by atoms with van der Waals surface area (Å²) < 4.78 is 23.3. The van der Waals surface area contributed by atoms with Crippen molar-refractivity contribution in [3.63, 3.8) is 0 Å². The molecule has 126 valence electrons. The quantitative estimate of drug-likeness (QED) is 0.829. The largest absolute Gasteiger partial charge is 0.340 e. The maximum absolute atomic E-state index is 12.7. The number of benzene rings is 1. The van der Waals surface area contributed by atoms with E-state index in [1.54, 1.807) is 11.9 Å². The molecule has 3 rings (SSSR count). The van der Waals surface area contributed by atoms with Crippen LogP contribution < -0.4 is 0 Å². The van der Waals surface area contributed by atoms with Crippen LogP contribution in [0.5, 0.6) is 0 Å². The number of sulfone groups is 1. The number of nitrogens with zero attached hydrogens (tertiary/aromatic N) is 2. The second-order valence-corrected chi connectivity index (χ2v) is 8.90. The minimum atomic E-state index is -2.97. The molecule has 0 spiro atoms. The van der Waals surface area contributed by atoms with E-state index in [1.807, 2.05) is 13.0 Å². The van der Waals surface area contributed by atoms with Gasteiger partial charge in [-0.2, -0.15) is 0 Å². The van der Waals surface area contributed by atoms with Crippen LogP contribution in [0, 0.1) is 0 Å². The third-order valence-electron chi connectivity index (χ3n) is 5.17. The Balaban J connectivity index is 1.66. The Kier molecular flexibility index (Phi) is 4.47. The first kappa shape index (κ1) is 16.5. The van der Waals surface area contributed by atoms with Gasteiger partial charge in [-0.05, 0) is 30.9 Å². The first-order valence-corrected chi connectivity index (χ1v) is 9.97. The molecule has 0 aliphatic carbocycles. The topological polar surface area (TPSA) is 57.7 Å². The molecule has 23 heavy (non-hydrogen) atoms. The van der Waals surface area contributed by atoms with E-state index >= 15 is 0 Å². The van der Waals surface area contributed by atoms with Crippen molar-refractivity contribution >= 4 is 15.7 Å². The van der Waals surface area contributed by atoms with E-state index in [0.29, 0.717) is 6.42 Å². The lowest BCUT2D eigenvalue weighted by Gasteiger charge is -2.36. The highest BCUT2D eigenvalue weighted by Gasteiger charge is 2.35. The van der Waals surface area contributed by atoms with E-state index in [2.05, 4.69) is 23.1 Å². The standard InChI is InChI=1S/C17H24N2O3S/c1-13(17(20)18(2)16-8-10-23(21,22)12-16)19-9-7-14-5-3-4-6-15(14)11-19/h3-6,13,16H,7-12H2,1-2H3/t13-,16-/m1/s1. The average molecular weight is 336 g/mol. The fourth-order valence-corrected chi connectivity index (χ4v) is 5.33. The summed E-state index contributed by atoms with van der Waals surface area (Å²) in [6.45, 7) is 3.57. The molecule has 2 heterocycles. The van der Waals surface area contributed by atoms with Gasteiger partial charge in [-0.3, -0.25) is 9.69 Å². The normalized spacial score (nSPS) is 24.9. The molecular formula is C17H24N2O3S. The molecule has 0 radical (unpaired) electrons. The number of fused-ring (bicyclic) bond motifs is 1. The fourth-order valence-electron chi connectivity index (χ4n) is 3.56. The first-order valence-electron chi connectivity index (χ1n) is 8.15. The van der Waals surface area contributed by atoms with Gasteiger partial charge in [-0.1, -0.05) is 24.3 Å². The van der Waals surface area contributed by atoms with Crippen LogP contribution in [-0.2, 0) is 27.6 Å². The summed E-state index contributed by atoms with van der Waals surface area (Å²) in [5.41, 5.74) is 2.64. The molecule has 0 aromatic heterocycles. The molecular weight excluding hydrogens is 312 g/mol. The molecule has 2 aliphatic rings. The molecule has 0 N–H and O–H groups in total. The molecule has 2 atom stereocenters. The van der Waals surface area contributed by atoms with Crippen LogP contribution in [0.2, 0.25) is 0 Å². The number of hydrogen-bond acceptors (Lipinski definition) is 4. The van der Waals surface area contributed by atoms with Crippen molar-refractivity contribution in [2.75, 3.05) is 25.1 Å². The molecule has 1 aromatic rings. The molecule has 0 unspecified atom stereocenters. The lowest BCUT2D eigenvalue weighted by atomic mass is 9.98. The Bertz CT molecular complexity index is 702. The van der Waals surface area contributed by atoms with Crippen molar-refractivity contribution in [1.82, 2.24) is 9.80 Å². The lowest BCUT2D eigenvalue weighted by molar-refractivity contribution is -0.137. The summed E-state index contributed by atoms with van der Waals surface area (Å²) in [6, 6.07) is 7.95. The van der Waals surface area contributed by atoms with Crippen molar-refractivity contribution in [2.24, 2.45) is 0 Å². The van der Waals surface area contributed by atoms with Crippen LogP contribution in [0.4, 0.5) is 0 Å². The number of amides is 1. The van der Waals surface area contributed by atoms with Gasteiger partial charge in [0.15, 0.2) is 9.84 Å². The zero-order valence-electron chi connectivity index (χ0n) is 13.7. The Morgan fingerprint density at radius 1 is 1.30 bits per heavy atom. The van der Waals surface area contributed by atoms with Crippen LogP contribution >= 0.6 is 0 Å². The first-order chi connectivity index (χ1) is 10.9. The van der Waals surface area contributed by atoms with Crippen LogP contribution in [-0.4, -0.2) is 61.3 Å². The second-order valence-electron chi connectivity index (χ2n) is 6.67.